The summed E-state index contributed by atoms with van der Waals surface area (Å²) >= 11 is 0. The zero-order valence-electron chi connectivity index (χ0n) is 18.1. The molecule has 3 aromatic heterocycles. The molecule has 0 fully saturated rings. The van der Waals surface area contributed by atoms with Crippen molar-refractivity contribution in [2.45, 2.75) is 39.8 Å². The van der Waals surface area contributed by atoms with E-state index in [2.05, 4.69) is 47.2 Å². The zero-order valence-corrected chi connectivity index (χ0v) is 18.1. The molecular formula is C23H25N7O. The maximum atomic E-state index is 6.28. The Balaban J connectivity index is 1.82. The van der Waals surface area contributed by atoms with E-state index in [0.717, 1.165) is 45.7 Å². The number of ether oxygens (including phenoxy) is 1. The first-order valence-corrected chi connectivity index (χ1v) is 10.4. The highest BCUT2D eigenvalue weighted by molar-refractivity contribution is 5.70. The Morgan fingerprint density at radius 2 is 1.90 bits per heavy atom. The van der Waals surface area contributed by atoms with E-state index >= 15 is 0 Å². The van der Waals surface area contributed by atoms with Crippen molar-refractivity contribution in [1.82, 2.24) is 29.5 Å². The van der Waals surface area contributed by atoms with Crippen molar-refractivity contribution in [3.63, 3.8) is 0 Å². The highest BCUT2D eigenvalue weighted by Crippen LogP contribution is 2.37. The Kier molecular flexibility index (Phi) is 4.50. The molecule has 4 aromatic rings. The summed E-state index contributed by atoms with van der Waals surface area (Å²) in [7, 11) is 1.90. The van der Waals surface area contributed by atoms with Crippen LogP contribution < -0.4 is 10.5 Å². The van der Waals surface area contributed by atoms with E-state index in [1.165, 1.54) is 0 Å². The average molecular weight is 416 g/mol. The van der Waals surface area contributed by atoms with Crippen LogP contribution in [0.15, 0.2) is 36.8 Å². The molecule has 1 unspecified atom stereocenters. The van der Waals surface area contributed by atoms with E-state index in [0.29, 0.717) is 18.0 Å². The summed E-state index contributed by atoms with van der Waals surface area (Å²) in [6.45, 7) is 6.97. The molecule has 0 saturated heterocycles. The van der Waals surface area contributed by atoms with Gasteiger partial charge in [-0.25, -0.2) is 9.97 Å². The number of fused-ring (bicyclic) bond motifs is 7. The first kappa shape index (κ1) is 19.3. The minimum Gasteiger partial charge on any atom is -0.467 e. The lowest BCUT2D eigenvalue weighted by Crippen LogP contribution is -2.12. The number of rotatable bonds is 1. The zero-order chi connectivity index (χ0) is 21.7. The first-order chi connectivity index (χ1) is 15.0. The van der Waals surface area contributed by atoms with Crippen molar-refractivity contribution in [1.29, 1.82) is 0 Å². The third-order valence-electron chi connectivity index (χ3n) is 5.81. The number of nitrogens with two attached hydrogens (primary N) is 1. The Hall–Kier alpha value is -3.68. The number of hydrogen-bond acceptors (Lipinski definition) is 6. The van der Waals surface area contributed by atoms with E-state index < -0.39 is 0 Å². The van der Waals surface area contributed by atoms with Crippen LogP contribution in [0.2, 0.25) is 0 Å². The van der Waals surface area contributed by atoms with Crippen molar-refractivity contribution in [2.24, 2.45) is 7.05 Å². The van der Waals surface area contributed by atoms with Crippen molar-refractivity contribution in [2.75, 3.05) is 5.73 Å². The number of aromatic nitrogens is 6. The maximum absolute atomic E-state index is 6.28. The summed E-state index contributed by atoms with van der Waals surface area (Å²) in [6.07, 6.45) is 5.92. The highest BCUT2D eigenvalue weighted by atomic mass is 16.5. The molecule has 8 heteroatoms. The molecule has 158 valence electrons. The molecule has 1 aliphatic heterocycles. The number of nitrogen functional groups attached to an aromatic ring is 1. The molecule has 1 atom stereocenters. The van der Waals surface area contributed by atoms with Gasteiger partial charge in [0.2, 0.25) is 0 Å². The molecule has 2 N–H and O–H groups in total. The van der Waals surface area contributed by atoms with E-state index in [-0.39, 0.29) is 11.9 Å². The molecule has 0 amide bonds. The molecule has 1 aromatic carbocycles. The summed E-state index contributed by atoms with van der Waals surface area (Å²) in [4.78, 5) is 9.06. The fraction of sp³-hybridized carbons (Fsp3) is 0.304. The second-order valence-electron chi connectivity index (χ2n) is 7.95. The van der Waals surface area contributed by atoms with E-state index in [9.17, 15) is 0 Å². The van der Waals surface area contributed by atoms with Crippen molar-refractivity contribution in [3.05, 3.63) is 59.0 Å². The van der Waals surface area contributed by atoms with Crippen LogP contribution in [-0.2, 0) is 20.0 Å². The lowest BCUT2D eigenvalue weighted by molar-refractivity contribution is 0.219. The van der Waals surface area contributed by atoms with Crippen molar-refractivity contribution < 1.29 is 4.74 Å². The van der Waals surface area contributed by atoms with Gasteiger partial charge in [-0.05, 0) is 20.8 Å². The van der Waals surface area contributed by atoms with Gasteiger partial charge >= 0.3 is 0 Å². The third kappa shape index (κ3) is 3.15. The van der Waals surface area contributed by atoms with Gasteiger partial charge in [0.1, 0.15) is 11.8 Å². The summed E-state index contributed by atoms with van der Waals surface area (Å²) < 4.78 is 10.1. The number of anilines is 1. The second kappa shape index (κ2) is 7.23. The normalized spacial score (nSPS) is 15.2. The number of hydrogen-bond donors (Lipinski definition) is 1. The number of aryl methyl sites for hydroxylation is 3. The van der Waals surface area contributed by atoms with Crippen molar-refractivity contribution in [3.8, 4) is 28.5 Å². The predicted molar refractivity (Wildman–Crippen MR) is 119 cm³/mol. The van der Waals surface area contributed by atoms with Gasteiger partial charge < -0.3 is 10.5 Å². The molecule has 31 heavy (non-hydrogen) atoms. The second-order valence-corrected chi connectivity index (χ2v) is 7.95. The Bertz CT molecular complexity index is 1290. The Morgan fingerprint density at radius 1 is 1.13 bits per heavy atom. The largest absolute Gasteiger partial charge is 0.467 e. The van der Waals surface area contributed by atoms with Crippen LogP contribution in [0.5, 0.6) is 5.88 Å². The van der Waals surface area contributed by atoms with Gasteiger partial charge in [0.15, 0.2) is 5.82 Å². The monoisotopic (exact) mass is 415 g/mol. The molecule has 0 saturated carbocycles. The van der Waals surface area contributed by atoms with Crippen LogP contribution >= 0.6 is 0 Å². The van der Waals surface area contributed by atoms with E-state index in [1.54, 1.807) is 6.20 Å². The molecule has 8 nitrogen and oxygen atoms in total. The molecule has 5 rings (SSSR count). The smallest absolute Gasteiger partial charge is 0.258 e. The summed E-state index contributed by atoms with van der Waals surface area (Å²) in [5.74, 6) is 0.597. The van der Waals surface area contributed by atoms with Crippen LogP contribution in [0.1, 0.15) is 42.2 Å². The maximum Gasteiger partial charge on any atom is 0.258 e. The van der Waals surface area contributed by atoms with Crippen LogP contribution in [0.3, 0.4) is 0 Å². The van der Waals surface area contributed by atoms with Gasteiger partial charge in [0, 0.05) is 42.3 Å². The predicted octanol–water partition coefficient (Wildman–Crippen LogP) is 3.70. The van der Waals surface area contributed by atoms with Crippen LogP contribution in [0.4, 0.5) is 5.82 Å². The fourth-order valence-electron chi connectivity index (χ4n) is 4.30. The lowest BCUT2D eigenvalue weighted by atomic mass is 9.94. The number of benzene rings is 1. The highest BCUT2D eigenvalue weighted by Gasteiger charge is 2.24. The van der Waals surface area contributed by atoms with E-state index in [4.69, 9.17) is 15.5 Å². The van der Waals surface area contributed by atoms with Gasteiger partial charge in [-0.1, -0.05) is 23.8 Å². The van der Waals surface area contributed by atoms with Crippen LogP contribution in [0, 0.1) is 6.92 Å². The lowest BCUT2D eigenvalue weighted by Gasteiger charge is -2.21. The van der Waals surface area contributed by atoms with Crippen molar-refractivity contribution >= 4 is 5.82 Å². The quantitative estimate of drug-likeness (QED) is 0.509. The molecule has 1 aliphatic rings. The SMILES string of the molecule is CCn1ncc2c1-c1ccc(C)cc1C(C)Oc1nc(cnc1N)-c1c(cnn1C)C2. The summed E-state index contributed by atoms with van der Waals surface area (Å²) in [5, 5.41) is 9.16. The Labute approximate surface area is 180 Å². The number of nitrogens with zero attached hydrogens (tertiary/aromatic N) is 6. The third-order valence-corrected chi connectivity index (χ3v) is 5.81. The van der Waals surface area contributed by atoms with Crippen LogP contribution in [-0.4, -0.2) is 29.5 Å². The van der Waals surface area contributed by atoms with Gasteiger partial charge in [0.25, 0.3) is 5.88 Å². The topological polar surface area (TPSA) is 96.7 Å². The molecule has 2 bridgehead atoms. The van der Waals surface area contributed by atoms with Gasteiger partial charge in [-0.3, -0.25) is 9.36 Å². The minimum atomic E-state index is -0.278. The molecular weight excluding hydrogens is 390 g/mol. The summed E-state index contributed by atoms with van der Waals surface area (Å²) in [6, 6.07) is 6.43. The standard InChI is InChI=1S/C23H25N7O/c1-5-30-20-15(11-27-30)9-16-10-26-29(4)21(16)19-12-25-22(24)23(28-19)31-14(3)18-8-13(2)6-7-17(18)20/h6-8,10-12,14H,5,9H2,1-4H3,(H2,24,25). The van der Waals surface area contributed by atoms with Crippen LogP contribution in [0.25, 0.3) is 22.6 Å². The van der Waals surface area contributed by atoms with Gasteiger partial charge in [-0.2, -0.15) is 10.2 Å². The molecule has 0 radical (unpaired) electrons. The minimum absolute atomic E-state index is 0.268. The van der Waals surface area contributed by atoms with Gasteiger partial charge in [0.05, 0.1) is 30.0 Å². The fourth-order valence-corrected chi connectivity index (χ4v) is 4.30. The van der Waals surface area contributed by atoms with E-state index in [1.807, 2.05) is 35.7 Å². The first-order valence-electron chi connectivity index (χ1n) is 10.4. The van der Waals surface area contributed by atoms with Gasteiger partial charge in [-0.15, -0.1) is 0 Å². The summed E-state index contributed by atoms with van der Waals surface area (Å²) in [5.41, 5.74) is 14.3. The molecule has 0 aliphatic carbocycles. The Morgan fingerprint density at radius 3 is 2.71 bits per heavy atom. The average Bonchev–Trinajstić information content (AvgIpc) is 3.32. The molecule has 4 heterocycles. The molecule has 0 spiro atoms.